The summed E-state index contributed by atoms with van der Waals surface area (Å²) in [5.41, 5.74) is 2.67. The van der Waals surface area contributed by atoms with Crippen LogP contribution in [0.2, 0.25) is 0 Å². The maximum absolute atomic E-state index is 14.2. The van der Waals surface area contributed by atoms with E-state index in [0.717, 1.165) is 0 Å². The number of nitrogens with zero attached hydrogens (tertiary/aromatic N) is 1. The van der Waals surface area contributed by atoms with E-state index in [2.05, 4.69) is 5.32 Å². The number of phenolic OH excluding ortho intramolecular Hbond substituents is 1. The fourth-order valence-electron chi connectivity index (χ4n) is 7.80. The van der Waals surface area contributed by atoms with Crippen molar-refractivity contribution in [3.8, 4) is 5.75 Å². The standard InChI is InChI=1S/C36H35N3O10/c1-15-19-13-14-20(38-35(48)18-11-9-17(10-12-18)27(40)16-7-5-4-6-8-16)28(41)22(19)29(42)23-21(15)30(43)25-26(39(2)3)31(44)24(34(37)47)33(46)36(25,49)32(23)45/h4-15,21,24-26,30-31,41-44,49H,1-3H3,(H2,37,47)(H,38,48)/t15-,21?,24?,25?,26-,30-,31?,36-/m0/s1. The number of ketones is 3. The SMILES string of the molecule is C[C@H]1c2ccc(NC(=O)c3ccc(C(=O)c4ccccc4)cc3)c(O)c2C(O)=C2C(=O)[C@]3(O)C(=O)C(C(N)=O)C(O)[C@@H](N(C)C)C3[C@@H](O)C21. The highest BCUT2D eigenvalue weighted by molar-refractivity contribution is 6.25. The van der Waals surface area contributed by atoms with Crippen LogP contribution < -0.4 is 11.1 Å². The predicted molar refractivity (Wildman–Crippen MR) is 174 cm³/mol. The molecule has 2 saturated carbocycles. The number of aliphatic hydroxyl groups excluding tert-OH is 3. The highest BCUT2D eigenvalue weighted by Gasteiger charge is 2.71. The van der Waals surface area contributed by atoms with E-state index in [1.165, 1.54) is 55.4 Å². The number of benzene rings is 3. The number of carbonyl (C=O) groups is 5. The molecule has 0 aromatic heterocycles. The Labute approximate surface area is 280 Å². The zero-order valence-electron chi connectivity index (χ0n) is 26.7. The number of hydrogen-bond acceptors (Lipinski definition) is 11. The van der Waals surface area contributed by atoms with Gasteiger partial charge in [0.1, 0.15) is 17.4 Å². The van der Waals surface area contributed by atoms with Crippen LogP contribution in [0.25, 0.3) is 5.76 Å². The Balaban J connectivity index is 1.36. The van der Waals surface area contributed by atoms with Gasteiger partial charge in [-0.05, 0) is 43.8 Å². The Morgan fingerprint density at radius 3 is 2.04 bits per heavy atom. The molecule has 0 bridgehead atoms. The zero-order chi connectivity index (χ0) is 35.7. The Kier molecular flexibility index (Phi) is 8.27. The van der Waals surface area contributed by atoms with Gasteiger partial charge in [-0.25, -0.2) is 0 Å². The van der Waals surface area contributed by atoms with E-state index in [0.29, 0.717) is 16.7 Å². The van der Waals surface area contributed by atoms with Gasteiger partial charge in [-0.1, -0.05) is 55.5 Å². The third kappa shape index (κ3) is 4.96. The molecular weight excluding hydrogens is 634 g/mol. The van der Waals surface area contributed by atoms with Crippen LogP contribution in [0.3, 0.4) is 0 Å². The van der Waals surface area contributed by atoms with Crippen LogP contribution in [0.5, 0.6) is 5.75 Å². The first-order chi connectivity index (χ1) is 23.1. The number of rotatable bonds is 6. The van der Waals surface area contributed by atoms with Crippen LogP contribution >= 0.6 is 0 Å². The molecule has 3 aliphatic carbocycles. The molecule has 0 radical (unpaired) electrons. The smallest absolute Gasteiger partial charge is 0.255 e. The lowest BCUT2D eigenvalue weighted by atomic mass is 9.52. The molecule has 49 heavy (non-hydrogen) atoms. The van der Waals surface area contributed by atoms with Gasteiger partial charge < -0.3 is 41.5 Å². The highest BCUT2D eigenvalue weighted by atomic mass is 16.3. The monoisotopic (exact) mass is 669 g/mol. The van der Waals surface area contributed by atoms with Crippen molar-refractivity contribution in [2.45, 2.75) is 36.7 Å². The van der Waals surface area contributed by atoms with Gasteiger partial charge >= 0.3 is 0 Å². The predicted octanol–water partition coefficient (Wildman–Crippen LogP) is 1.14. The lowest BCUT2D eigenvalue weighted by molar-refractivity contribution is -0.199. The van der Waals surface area contributed by atoms with Crippen molar-refractivity contribution in [1.29, 1.82) is 0 Å². The van der Waals surface area contributed by atoms with Gasteiger partial charge in [0.15, 0.2) is 17.2 Å². The number of anilines is 1. The summed E-state index contributed by atoms with van der Waals surface area (Å²) >= 11 is 0. The van der Waals surface area contributed by atoms with Gasteiger partial charge in [0.2, 0.25) is 11.7 Å². The minimum Gasteiger partial charge on any atom is -0.507 e. The van der Waals surface area contributed by atoms with Crippen LogP contribution in [0.4, 0.5) is 5.69 Å². The molecule has 13 nitrogen and oxygen atoms in total. The Bertz CT molecular complexity index is 1940. The number of amides is 2. The fraction of sp³-hybridized carbons (Fsp3) is 0.306. The number of primary amides is 1. The van der Waals surface area contributed by atoms with Gasteiger partial charge in [0.25, 0.3) is 5.91 Å². The third-order valence-corrected chi connectivity index (χ3v) is 10.2. The quantitative estimate of drug-likeness (QED) is 0.112. The second-order valence-electron chi connectivity index (χ2n) is 13.0. The lowest BCUT2D eigenvalue weighted by Gasteiger charge is -2.56. The summed E-state index contributed by atoms with van der Waals surface area (Å²) in [6.45, 7) is 1.62. The molecule has 0 aliphatic heterocycles. The average molecular weight is 670 g/mol. The average Bonchev–Trinajstić information content (AvgIpc) is 3.07. The number of phenols is 1. The fourth-order valence-corrected chi connectivity index (χ4v) is 7.80. The maximum atomic E-state index is 14.2. The molecule has 0 heterocycles. The number of hydrogen-bond donors (Lipinski definition) is 7. The van der Waals surface area contributed by atoms with Crippen molar-refractivity contribution < 1.29 is 49.5 Å². The zero-order valence-corrected chi connectivity index (χ0v) is 26.7. The summed E-state index contributed by atoms with van der Waals surface area (Å²) in [6, 6.07) is 16.1. The van der Waals surface area contributed by atoms with E-state index in [4.69, 9.17) is 5.73 Å². The summed E-state index contributed by atoms with van der Waals surface area (Å²) in [6.07, 6.45) is -3.45. The van der Waals surface area contributed by atoms with E-state index in [1.54, 1.807) is 37.3 Å². The topological polar surface area (TPSA) is 228 Å². The second-order valence-corrected chi connectivity index (χ2v) is 13.0. The van der Waals surface area contributed by atoms with Crippen molar-refractivity contribution in [3.05, 3.63) is 100 Å². The van der Waals surface area contributed by atoms with Crippen LogP contribution in [0.15, 0.2) is 72.3 Å². The lowest BCUT2D eigenvalue weighted by Crippen LogP contribution is -2.76. The minimum atomic E-state index is -3.06. The van der Waals surface area contributed by atoms with Gasteiger partial charge in [0.05, 0.1) is 23.5 Å². The molecule has 3 aliphatic rings. The number of Topliss-reactive ketones (excluding diaryl/α,β-unsaturated/α-hetero) is 2. The summed E-state index contributed by atoms with van der Waals surface area (Å²) in [4.78, 5) is 67.4. The number of nitrogens with one attached hydrogen (secondary N) is 1. The van der Waals surface area contributed by atoms with Crippen molar-refractivity contribution in [3.63, 3.8) is 0 Å². The van der Waals surface area contributed by atoms with Gasteiger partial charge in [-0.3, -0.25) is 24.0 Å². The summed E-state index contributed by atoms with van der Waals surface area (Å²) in [5.74, 6) is -11.9. The molecule has 0 spiro atoms. The van der Waals surface area contributed by atoms with Gasteiger partial charge in [0, 0.05) is 40.1 Å². The van der Waals surface area contributed by atoms with Crippen molar-refractivity contribution in [2.75, 3.05) is 19.4 Å². The number of aliphatic hydroxyl groups is 4. The van der Waals surface area contributed by atoms with E-state index < -0.39 is 88.0 Å². The van der Waals surface area contributed by atoms with Gasteiger partial charge in [-0.2, -0.15) is 0 Å². The first kappa shape index (κ1) is 33.7. The Morgan fingerprint density at radius 1 is 0.857 bits per heavy atom. The number of carbonyl (C=O) groups excluding carboxylic acids is 5. The molecule has 2 fully saturated rings. The number of aromatic hydroxyl groups is 1. The minimum absolute atomic E-state index is 0.147. The normalized spacial score (nSPS) is 29.2. The Morgan fingerprint density at radius 2 is 1.45 bits per heavy atom. The largest absolute Gasteiger partial charge is 0.507 e. The van der Waals surface area contributed by atoms with E-state index in [1.807, 2.05) is 0 Å². The summed E-state index contributed by atoms with van der Waals surface area (Å²) < 4.78 is 0. The molecule has 0 saturated heterocycles. The first-order valence-electron chi connectivity index (χ1n) is 15.6. The molecule has 254 valence electrons. The highest BCUT2D eigenvalue weighted by Crippen LogP contribution is 2.56. The molecule has 3 aromatic rings. The van der Waals surface area contributed by atoms with Crippen molar-refractivity contribution in [2.24, 2.45) is 23.5 Å². The molecule has 8 N–H and O–H groups in total. The second kappa shape index (κ2) is 12.0. The third-order valence-electron chi connectivity index (χ3n) is 10.2. The van der Waals surface area contributed by atoms with E-state index in [9.17, 15) is 49.5 Å². The van der Waals surface area contributed by atoms with E-state index >= 15 is 0 Å². The first-order valence-corrected chi connectivity index (χ1v) is 15.6. The molecular formula is C36H35N3O10. The maximum Gasteiger partial charge on any atom is 0.255 e. The molecule has 13 heteroatoms. The van der Waals surface area contributed by atoms with Crippen LogP contribution in [-0.2, 0) is 14.4 Å². The van der Waals surface area contributed by atoms with Crippen molar-refractivity contribution >= 4 is 40.6 Å². The summed E-state index contributed by atoms with van der Waals surface area (Å²) in [7, 11) is 2.96. The van der Waals surface area contributed by atoms with Crippen molar-refractivity contribution in [1.82, 2.24) is 4.90 Å². The molecule has 4 unspecified atom stereocenters. The molecule has 2 amide bonds. The van der Waals surface area contributed by atoms with E-state index in [-0.39, 0.29) is 22.6 Å². The van der Waals surface area contributed by atoms with Crippen LogP contribution in [0.1, 0.15) is 50.2 Å². The van der Waals surface area contributed by atoms with Gasteiger partial charge in [-0.15, -0.1) is 0 Å². The molecule has 8 atom stereocenters. The number of fused-ring (bicyclic) bond motifs is 3. The number of likely N-dealkylation sites (N-methyl/N-ethyl adjacent to an activating group) is 1. The molecule has 6 rings (SSSR count). The Hall–Kier alpha value is -5.21. The van der Waals surface area contributed by atoms with Crippen LogP contribution in [0, 0.1) is 17.8 Å². The van der Waals surface area contributed by atoms with Crippen LogP contribution in [-0.4, -0.2) is 97.5 Å². The number of nitrogens with two attached hydrogens (primary N) is 1. The molecule has 3 aromatic carbocycles. The summed E-state index contributed by atoms with van der Waals surface area (Å²) in [5, 5.41) is 60.1.